The molecule has 2 rings (SSSR count). The summed E-state index contributed by atoms with van der Waals surface area (Å²) in [6.07, 6.45) is 0.816. The van der Waals surface area contributed by atoms with E-state index in [4.69, 9.17) is 16.3 Å². The van der Waals surface area contributed by atoms with Crippen molar-refractivity contribution < 1.29 is 19.1 Å². The van der Waals surface area contributed by atoms with Crippen LogP contribution in [0.1, 0.15) is 22.3 Å². The van der Waals surface area contributed by atoms with Gasteiger partial charge in [-0.25, -0.2) is 4.79 Å². The van der Waals surface area contributed by atoms with E-state index in [1.54, 1.807) is 48.2 Å². The van der Waals surface area contributed by atoms with Gasteiger partial charge in [0.2, 0.25) is 5.91 Å². The van der Waals surface area contributed by atoms with Crippen molar-refractivity contribution in [1.82, 2.24) is 0 Å². The SMILES string of the molecule is COC(=O)c1ccc(OCCCSCC(=O)Nc2ccc(Cl)cc2C)cc1. The molecule has 0 aromatic heterocycles. The van der Waals surface area contributed by atoms with Crippen LogP contribution in [0.3, 0.4) is 0 Å². The normalized spacial score (nSPS) is 10.3. The van der Waals surface area contributed by atoms with Gasteiger partial charge in [0.15, 0.2) is 0 Å². The third kappa shape index (κ3) is 7.15. The minimum atomic E-state index is -0.370. The average molecular weight is 408 g/mol. The Balaban J connectivity index is 1.61. The third-order valence-corrected chi connectivity index (χ3v) is 4.95. The number of rotatable bonds is 9. The smallest absolute Gasteiger partial charge is 0.337 e. The van der Waals surface area contributed by atoms with E-state index in [-0.39, 0.29) is 11.9 Å². The van der Waals surface area contributed by atoms with Gasteiger partial charge in [0.25, 0.3) is 0 Å². The maximum Gasteiger partial charge on any atom is 0.337 e. The molecule has 0 fully saturated rings. The van der Waals surface area contributed by atoms with Gasteiger partial charge in [0.1, 0.15) is 5.75 Å². The van der Waals surface area contributed by atoms with Crippen molar-refractivity contribution in [3.63, 3.8) is 0 Å². The maximum atomic E-state index is 12.0. The number of thioether (sulfide) groups is 1. The molecule has 0 spiro atoms. The molecular weight excluding hydrogens is 386 g/mol. The number of hydrogen-bond donors (Lipinski definition) is 1. The summed E-state index contributed by atoms with van der Waals surface area (Å²) in [4.78, 5) is 23.3. The zero-order valence-electron chi connectivity index (χ0n) is 15.3. The van der Waals surface area contributed by atoms with Crippen molar-refractivity contribution in [2.45, 2.75) is 13.3 Å². The van der Waals surface area contributed by atoms with Crippen LogP contribution in [0, 0.1) is 6.92 Å². The fourth-order valence-corrected chi connectivity index (χ4v) is 3.23. The zero-order chi connectivity index (χ0) is 19.6. The number of esters is 1. The summed E-state index contributed by atoms with van der Waals surface area (Å²) in [7, 11) is 1.35. The molecule has 0 heterocycles. The molecule has 0 unspecified atom stereocenters. The van der Waals surface area contributed by atoms with Crippen LogP contribution in [-0.2, 0) is 9.53 Å². The lowest BCUT2D eigenvalue weighted by Crippen LogP contribution is -2.15. The van der Waals surface area contributed by atoms with Crippen molar-refractivity contribution >= 4 is 40.9 Å². The van der Waals surface area contributed by atoms with Crippen LogP contribution < -0.4 is 10.1 Å². The fraction of sp³-hybridized carbons (Fsp3) is 0.300. The largest absolute Gasteiger partial charge is 0.494 e. The lowest BCUT2D eigenvalue weighted by Gasteiger charge is -2.09. The van der Waals surface area contributed by atoms with Crippen molar-refractivity contribution in [3.05, 3.63) is 58.6 Å². The minimum Gasteiger partial charge on any atom is -0.494 e. The predicted molar refractivity (Wildman–Crippen MR) is 110 cm³/mol. The molecule has 0 bridgehead atoms. The van der Waals surface area contributed by atoms with Gasteiger partial charge in [-0.05, 0) is 67.1 Å². The molecule has 0 aliphatic carbocycles. The molecule has 0 saturated carbocycles. The molecule has 144 valence electrons. The number of hydrogen-bond acceptors (Lipinski definition) is 5. The van der Waals surface area contributed by atoms with E-state index in [1.807, 2.05) is 13.0 Å². The van der Waals surface area contributed by atoms with Crippen LogP contribution in [-0.4, -0.2) is 37.1 Å². The molecule has 27 heavy (non-hydrogen) atoms. The Kier molecular flexibility index (Phi) is 8.48. The second-order valence-electron chi connectivity index (χ2n) is 5.78. The first-order valence-corrected chi connectivity index (χ1v) is 9.98. The lowest BCUT2D eigenvalue weighted by molar-refractivity contribution is -0.113. The second kappa shape index (κ2) is 10.8. The predicted octanol–water partition coefficient (Wildman–Crippen LogP) is 4.58. The standard InChI is InChI=1S/C20H22ClNO4S/c1-14-12-16(21)6-9-18(14)22-19(23)13-27-11-3-10-26-17-7-4-15(5-8-17)20(24)25-2/h4-9,12H,3,10-11,13H2,1-2H3,(H,22,23). The number of methoxy groups -OCH3 is 1. The Morgan fingerprint density at radius 1 is 1.15 bits per heavy atom. The van der Waals surface area contributed by atoms with Crippen molar-refractivity contribution in [1.29, 1.82) is 0 Å². The molecule has 0 atom stereocenters. The van der Waals surface area contributed by atoms with Gasteiger partial charge in [-0.15, -0.1) is 0 Å². The Bertz CT molecular complexity index is 780. The Morgan fingerprint density at radius 2 is 1.89 bits per heavy atom. The van der Waals surface area contributed by atoms with Crippen molar-refractivity contribution in [2.75, 3.05) is 30.5 Å². The molecule has 0 aliphatic rings. The molecule has 1 amide bonds. The summed E-state index contributed by atoms with van der Waals surface area (Å²) in [5.41, 5.74) is 2.21. The highest BCUT2D eigenvalue weighted by Crippen LogP contribution is 2.20. The maximum absolute atomic E-state index is 12.0. The summed E-state index contributed by atoms with van der Waals surface area (Å²) >= 11 is 7.46. The van der Waals surface area contributed by atoms with Gasteiger partial charge in [-0.2, -0.15) is 11.8 Å². The number of nitrogens with one attached hydrogen (secondary N) is 1. The first-order valence-electron chi connectivity index (χ1n) is 8.44. The van der Waals surface area contributed by atoms with Crippen LogP contribution >= 0.6 is 23.4 Å². The number of halogens is 1. The molecule has 2 aromatic carbocycles. The third-order valence-electron chi connectivity index (χ3n) is 3.67. The second-order valence-corrected chi connectivity index (χ2v) is 7.32. The van der Waals surface area contributed by atoms with Gasteiger partial charge in [-0.1, -0.05) is 11.6 Å². The van der Waals surface area contributed by atoms with Crippen LogP contribution in [0.25, 0.3) is 0 Å². The number of carbonyl (C=O) groups is 2. The molecular formula is C20H22ClNO4S. The van der Waals surface area contributed by atoms with Crippen LogP contribution in [0.4, 0.5) is 5.69 Å². The van der Waals surface area contributed by atoms with Crippen molar-refractivity contribution in [2.24, 2.45) is 0 Å². The van der Waals surface area contributed by atoms with Crippen LogP contribution in [0.15, 0.2) is 42.5 Å². The first-order chi connectivity index (χ1) is 13.0. The summed E-state index contributed by atoms with van der Waals surface area (Å²) in [6, 6.07) is 12.2. The van der Waals surface area contributed by atoms with Crippen molar-refractivity contribution in [3.8, 4) is 5.75 Å². The first kappa shape index (κ1) is 21.1. The average Bonchev–Trinajstić information content (AvgIpc) is 2.66. The van der Waals surface area contributed by atoms with Gasteiger partial charge in [0, 0.05) is 10.7 Å². The minimum absolute atomic E-state index is 0.0373. The summed E-state index contributed by atoms with van der Waals surface area (Å²) in [5, 5.41) is 3.54. The number of aryl methyl sites for hydroxylation is 1. The van der Waals surface area contributed by atoms with Crippen LogP contribution in [0.2, 0.25) is 5.02 Å². The number of ether oxygens (including phenoxy) is 2. The number of anilines is 1. The summed E-state index contributed by atoms with van der Waals surface area (Å²) in [5.74, 6) is 1.49. The number of amides is 1. The van der Waals surface area contributed by atoms with Gasteiger partial charge in [-0.3, -0.25) is 4.79 Å². The van der Waals surface area contributed by atoms with E-state index in [1.165, 1.54) is 7.11 Å². The van der Waals surface area contributed by atoms with E-state index in [0.717, 1.165) is 23.4 Å². The quantitative estimate of drug-likeness (QED) is 0.487. The molecule has 2 aromatic rings. The molecule has 5 nitrogen and oxygen atoms in total. The highest BCUT2D eigenvalue weighted by atomic mass is 35.5. The molecule has 7 heteroatoms. The number of carbonyl (C=O) groups excluding carboxylic acids is 2. The van der Waals surface area contributed by atoms with Crippen LogP contribution in [0.5, 0.6) is 5.75 Å². The van der Waals surface area contributed by atoms with Gasteiger partial charge >= 0.3 is 5.97 Å². The molecule has 1 N–H and O–H groups in total. The Morgan fingerprint density at radius 3 is 2.56 bits per heavy atom. The van der Waals surface area contributed by atoms with E-state index >= 15 is 0 Å². The fourth-order valence-electron chi connectivity index (χ4n) is 2.27. The highest BCUT2D eigenvalue weighted by Gasteiger charge is 2.06. The molecule has 0 radical (unpaired) electrons. The molecule has 0 saturated heterocycles. The van der Waals surface area contributed by atoms with E-state index in [2.05, 4.69) is 10.1 Å². The lowest BCUT2D eigenvalue weighted by atomic mass is 10.2. The monoisotopic (exact) mass is 407 g/mol. The number of benzene rings is 2. The Hall–Kier alpha value is -2.18. The van der Waals surface area contributed by atoms with E-state index < -0.39 is 0 Å². The topological polar surface area (TPSA) is 64.6 Å². The summed E-state index contributed by atoms with van der Waals surface area (Å²) < 4.78 is 10.3. The highest BCUT2D eigenvalue weighted by molar-refractivity contribution is 7.99. The molecule has 0 aliphatic heterocycles. The zero-order valence-corrected chi connectivity index (χ0v) is 16.9. The van der Waals surface area contributed by atoms with E-state index in [9.17, 15) is 9.59 Å². The van der Waals surface area contributed by atoms with Gasteiger partial charge in [0.05, 0.1) is 25.0 Å². The van der Waals surface area contributed by atoms with E-state index in [0.29, 0.717) is 28.7 Å². The summed E-state index contributed by atoms with van der Waals surface area (Å²) in [6.45, 7) is 2.45. The Labute approximate surface area is 168 Å². The van der Waals surface area contributed by atoms with Gasteiger partial charge < -0.3 is 14.8 Å².